The first-order valence-electron chi connectivity index (χ1n) is 5.85. The van der Waals surface area contributed by atoms with Crippen LogP contribution >= 0.6 is 11.6 Å². The van der Waals surface area contributed by atoms with Crippen LogP contribution in [0.3, 0.4) is 0 Å². The van der Waals surface area contributed by atoms with E-state index in [1.165, 1.54) is 18.4 Å². The van der Waals surface area contributed by atoms with Gasteiger partial charge < -0.3 is 10.2 Å². The van der Waals surface area contributed by atoms with Gasteiger partial charge in [0.25, 0.3) is 0 Å². The van der Waals surface area contributed by atoms with Crippen molar-refractivity contribution in [1.82, 2.24) is 15.3 Å². The van der Waals surface area contributed by atoms with E-state index in [0.717, 1.165) is 44.1 Å². The number of halogens is 1. The number of nitrogens with zero attached hydrogens (tertiary/aromatic N) is 3. The zero-order chi connectivity index (χ0) is 11.0. The van der Waals surface area contributed by atoms with Crippen molar-refractivity contribution >= 4 is 17.4 Å². The number of aromatic nitrogens is 2. The molecular weight excluding hydrogens is 224 g/mol. The van der Waals surface area contributed by atoms with E-state index in [2.05, 4.69) is 20.2 Å². The topological polar surface area (TPSA) is 41.1 Å². The van der Waals surface area contributed by atoms with Gasteiger partial charge in [0.15, 0.2) is 0 Å². The Bertz CT molecular complexity index is 401. The van der Waals surface area contributed by atoms with Crippen LogP contribution in [0.1, 0.15) is 24.1 Å². The monoisotopic (exact) mass is 238 g/mol. The van der Waals surface area contributed by atoms with E-state index in [0.29, 0.717) is 5.28 Å². The molecule has 0 aliphatic carbocycles. The molecule has 1 aromatic rings. The van der Waals surface area contributed by atoms with E-state index in [1.54, 1.807) is 0 Å². The van der Waals surface area contributed by atoms with Crippen LogP contribution in [0.15, 0.2) is 0 Å². The molecule has 4 nitrogen and oxygen atoms in total. The van der Waals surface area contributed by atoms with Crippen molar-refractivity contribution in [2.24, 2.45) is 0 Å². The van der Waals surface area contributed by atoms with Gasteiger partial charge in [-0.25, -0.2) is 9.97 Å². The molecule has 1 N–H and O–H groups in total. The highest BCUT2D eigenvalue weighted by Crippen LogP contribution is 2.27. The lowest BCUT2D eigenvalue weighted by Crippen LogP contribution is -2.29. The fourth-order valence-electron chi connectivity index (χ4n) is 2.50. The summed E-state index contributed by atoms with van der Waals surface area (Å²) in [5.41, 5.74) is 2.37. The summed E-state index contributed by atoms with van der Waals surface area (Å²) in [5, 5.41) is 3.70. The molecular formula is C11H15ClN4. The van der Waals surface area contributed by atoms with Crippen molar-refractivity contribution in [3.63, 3.8) is 0 Å². The molecule has 86 valence electrons. The van der Waals surface area contributed by atoms with Gasteiger partial charge >= 0.3 is 0 Å². The molecule has 16 heavy (non-hydrogen) atoms. The maximum atomic E-state index is 5.98. The maximum Gasteiger partial charge on any atom is 0.224 e. The summed E-state index contributed by atoms with van der Waals surface area (Å²) < 4.78 is 0. The Morgan fingerprint density at radius 3 is 2.81 bits per heavy atom. The second-order valence-corrected chi connectivity index (χ2v) is 4.70. The number of nitrogens with one attached hydrogen (secondary N) is 1. The molecule has 0 radical (unpaired) electrons. The van der Waals surface area contributed by atoms with Crippen LogP contribution in [0.2, 0.25) is 5.28 Å². The van der Waals surface area contributed by atoms with Gasteiger partial charge in [-0.15, -0.1) is 0 Å². The average Bonchev–Trinajstić information content (AvgIpc) is 2.81. The molecule has 1 fully saturated rings. The molecule has 2 aliphatic rings. The van der Waals surface area contributed by atoms with E-state index in [9.17, 15) is 0 Å². The summed E-state index contributed by atoms with van der Waals surface area (Å²) in [7, 11) is 0. The van der Waals surface area contributed by atoms with Crippen molar-refractivity contribution in [3.05, 3.63) is 16.5 Å². The van der Waals surface area contributed by atoms with Crippen LogP contribution in [0.4, 0.5) is 5.82 Å². The highest BCUT2D eigenvalue weighted by atomic mass is 35.5. The van der Waals surface area contributed by atoms with E-state index in [-0.39, 0.29) is 0 Å². The molecule has 0 spiro atoms. The molecule has 0 amide bonds. The molecule has 0 aromatic carbocycles. The van der Waals surface area contributed by atoms with E-state index in [4.69, 9.17) is 11.6 Å². The molecule has 3 heterocycles. The molecule has 0 atom stereocenters. The third kappa shape index (κ3) is 1.76. The number of fused-ring (bicyclic) bond motifs is 1. The first kappa shape index (κ1) is 10.3. The summed E-state index contributed by atoms with van der Waals surface area (Å²) in [4.78, 5) is 11.1. The Morgan fingerprint density at radius 2 is 2.00 bits per heavy atom. The van der Waals surface area contributed by atoms with Crippen LogP contribution in [-0.2, 0) is 13.0 Å². The maximum absolute atomic E-state index is 5.98. The van der Waals surface area contributed by atoms with Gasteiger partial charge in [-0.3, -0.25) is 0 Å². The number of rotatable bonds is 1. The number of hydrogen-bond donors (Lipinski definition) is 1. The van der Waals surface area contributed by atoms with E-state index < -0.39 is 0 Å². The van der Waals surface area contributed by atoms with Crippen LogP contribution in [0, 0.1) is 0 Å². The van der Waals surface area contributed by atoms with Gasteiger partial charge in [0.05, 0.1) is 5.69 Å². The lowest BCUT2D eigenvalue weighted by Gasteiger charge is -2.24. The zero-order valence-electron chi connectivity index (χ0n) is 9.17. The number of hydrogen-bond acceptors (Lipinski definition) is 4. The SMILES string of the molecule is Clc1nc2c(c(N3CCCC3)n1)CCNC2. The minimum atomic E-state index is 0.379. The van der Waals surface area contributed by atoms with Crippen molar-refractivity contribution in [3.8, 4) is 0 Å². The quantitative estimate of drug-likeness (QED) is 0.751. The standard InChI is InChI=1S/C11H15ClN4/c12-11-14-9-7-13-4-3-8(9)10(15-11)16-5-1-2-6-16/h13H,1-7H2. The highest BCUT2D eigenvalue weighted by Gasteiger charge is 2.22. The Kier molecular flexibility index (Phi) is 2.69. The molecule has 0 unspecified atom stereocenters. The van der Waals surface area contributed by atoms with Crippen molar-refractivity contribution in [1.29, 1.82) is 0 Å². The van der Waals surface area contributed by atoms with Gasteiger partial charge in [-0.05, 0) is 37.4 Å². The highest BCUT2D eigenvalue weighted by molar-refractivity contribution is 6.28. The molecule has 1 aromatic heterocycles. The lowest BCUT2D eigenvalue weighted by molar-refractivity contribution is 0.621. The predicted molar refractivity (Wildman–Crippen MR) is 63.9 cm³/mol. The van der Waals surface area contributed by atoms with Gasteiger partial charge in [0.1, 0.15) is 5.82 Å². The fourth-order valence-corrected chi connectivity index (χ4v) is 2.68. The van der Waals surface area contributed by atoms with Crippen LogP contribution in [-0.4, -0.2) is 29.6 Å². The normalized spacial score (nSPS) is 19.9. The summed E-state index contributed by atoms with van der Waals surface area (Å²) in [5.74, 6) is 1.08. The third-order valence-electron chi connectivity index (χ3n) is 3.29. The van der Waals surface area contributed by atoms with Gasteiger partial charge in [0.2, 0.25) is 5.28 Å². The second kappa shape index (κ2) is 4.18. The Morgan fingerprint density at radius 1 is 1.19 bits per heavy atom. The first-order chi connectivity index (χ1) is 7.84. The summed E-state index contributed by atoms with van der Waals surface area (Å²) >= 11 is 5.98. The average molecular weight is 239 g/mol. The molecule has 1 saturated heterocycles. The van der Waals surface area contributed by atoms with Gasteiger partial charge in [-0.2, -0.15) is 0 Å². The molecule has 0 bridgehead atoms. The smallest absolute Gasteiger partial charge is 0.224 e. The fraction of sp³-hybridized carbons (Fsp3) is 0.636. The Labute approximate surface area is 100 Å². The minimum Gasteiger partial charge on any atom is -0.356 e. The third-order valence-corrected chi connectivity index (χ3v) is 3.46. The first-order valence-corrected chi connectivity index (χ1v) is 6.23. The Hall–Kier alpha value is -0.870. The molecule has 5 heteroatoms. The molecule has 0 saturated carbocycles. The summed E-state index contributed by atoms with van der Waals surface area (Å²) in [6, 6.07) is 0. The van der Waals surface area contributed by atoms with Crippen molar-refractivity contribution in [2.45, 2.75) is 25.8 Å². The zero-order valence-corrected chi connectivity index (χ0v) is 9.93. The number of anilines is 1. The Balaban J connectivity index is 2.04. The van der Waals surface area contributed by atoms with Crippen molar-refractivity contribution < 1.29 is 0 Å². The van der Waals surface area contributed by atoms with E-state index >= 15 is 0 Å². The van der Waals surface area contributed by atoms with Crippen LogP contribution < -0.4 is 10.2 Å². The van der Waals surface area contributed by atoms with Crippen molar-refractivity contribution in [2.75, 3.05) is 24.5 Å². The summed E-state index contributed by atoms with van der Waals surface area (Å²) in [6.45, 7) is 4.04. The largest absolute Gasteiger partial charge is 0.356 e. The summed E-state index contributed by atoms with van der Waals surface area (Å²) in [6.07, 6.45) is 3.53. The van der Waals surface area contributed by atoms with Gasteiger partial charge in [0, 0.05) is 25.2 Å². The second-order valence-electron chi connectivity index (χ2n) is 4.36. The van der Waals surface area contributed by atoms with Gasteiger partial charge in [-0.1, -0.05) is 0 Å². The lowest BCUT2D eigenvalue weighted by atomic mass is 10.1. The minimum absolute atomic E-state index is 0.379. The van der Waals surface area contributed by atoms with Crippen LogP contribution in [0.5, 0.6) is 0 Å². The van der Waals surface area contributed by atoms with Crippen LogP contribution in [0.25, 0.3) is 0 Å². The molecule has 2 aliphatic heterocycles. The molecule has 3 rings (SSSR count). The van der Waals surface area contributed by atoms with E-state index in [1.807, 2.05) is 0 Å². The predicted octanol–water partition coefficient (Wildman–Crippen LogP) is 1.38.